The highest BCUT2D eigenvalue weighted by atomic mass is 16.1. The Morgan fingerprint density at radius 1 is 1.32 bits per heavy atom. The maximum atomic E-state index is 12.2. The van der Waals surface area contributed by atoms with Gasteiger partial charge in [-0.1, -0.05) is 20.8 Å². The van der Waals surface area contributed by atoms with Crippen molar-refractivity contribution in [3.63, 3.8) is 0 Å². The van der Waals surface area contributed by atoms with Crippen molar-refractivity contribution in [2.45, 2.75) is 65.8 Å². The number of piperidine rings is 1. The second-order valence-corrected chi connectivity index (χ2v) is 6.93. The van der Waals surface area contributed by atoms with E-state index in [0.29, 0.717) is 24.3 Å². The molecule has 0 radical (unpaired) electrons. The van der Waals surface area contributed by atoms with Crippen LogP contribution in [0.5, 0.6) is 0 Å². The first-order chi connectivity index (χ1) is 10.6. The molecule has 1 aliphatic heterocycles. The molecule has 3 unspecified atom stereocenters. The summed E-state index contributed by atoms with van der Waals surface area (Å²) >= 11 is 0. The Morgan fingerprint density at radius 2 is 2.05 bits per heavy atom. The van der Waals surface area contributed by atoms with E-state index in [1.54, 1.807) is 0 Å². The highest BCUT2D eigenvalue weighted by Gasteiger charge is 2.22. The van der Waals surface area contributed by atoms with Gasteiger partial charge in [0.15, 0.2) is 0 Å². The van der Waals surface area contributed by atoms with Crippen LogP contribution in [0.1, 0.15) is 59.8 Å². The smallest absolute Gasteiger partial charge is 0.220 e. The van der Waals surface area contributed by atoms with Crippen LogP contribution in [0, 0.1) is 11.8 Å². The molecular weight excluding hydrogens is 274 g/mol. The molecule has 1 amide bonds. The van der Waals surface area contributed by atoms with Crippen molar-refractivity contribution >= 4 is 5.91 Å². The molecule has 0 bridgehead atoms. The van der Waals surface area contributed by atoms with Gasteiger partial charge in [-0.3, -0.25) is 4.79 Å². The SMILES string of the molecule is CCN(CC)CCCC(C)NC(=O)CC(C)C1CCCNC1. The van der Waals surface area contributed by atoms with E-state index < -0.39 is 0 Å². The maximum absolute atomic E-state index is 12.2. The van der Waals surface area contributed by atoms with Gasteiger partial charge in [-0.25, -0.2) is 0 Å². The zero-order valence-corrected chi connectivity index (χ0v) is 15.2. The van der Waals surface area contributed by atoms with Crippen LogP contribution in [0.3, 0.4) is 0 Å². The van der Waals surface area contributed by atoms with E-state index in [-0.39, 0.29) is 5.91 Å². The number of nitrogens with zero attached hydrogens (tertiary/aromatic N) is 1. The van der Waals surface area contributed by atoms with E-state index >= 15 is 0 Å². The van der Waals surface area contributed by atoms with Crippen LogP contribution in [0.15, 0.2) is 0 Å². The third kappa shape index (κ3) is 7.59. The number of rotatable bonds is 10. The molecule has 0 aromatic rings. The topological polar surface area (TPSA) is 44.4 Å². The number of amides is 1. The summed E-state index contributed by atoms with van der Waals surface area (Å²) in [6, 6.07) is 0.291. The van der Waals surface area contributed by atoms with Gasteiger partial charge in [0.05, 0.1) is 0 Å². The largest absolute Gasteiger partial charge is 0.354 e. The van der Waals surface area contributed by atoms with Crippen molar-refractivity contribution in [3.05, 3.63) is 0 Å². The Kier molecular flexibility index (Phi) is 9.73. The van der Waals surface area contributed by atoms with Gasteiger partial charge in [-0.15, -0.1) is 0 Å². The molecule has 0 saturated carbocycles. The fourth-order valence-electron chi connectivity index (χ4n) is 3.39. The highest BCUT2D eigenvalue weighted by Crippen LogP contribution is 2.22. The lowest BCUT2D eigenvalue weighted by Gasteiger charge is -2.28. The monoisotopic (exact) mass is 311 g/mol. The van der Waals surface area contributed by atoms with Crippen LogP contribution in [0.2, 0.25) is 0 Å². The zero-order valence-electron chi connectivity index (χ0n) is 15.2. The summed E-state index contributed by atoms with van der Waals surface area (Å²) in [5.74, 6) is 1.38. The molecule has 4 heteroatoms. The third-order valence-corrected chi connectivity index (χ3v) is 5.06. The van der Waals surface area contributed by atoms with Crippen molar-refractivity contribution < 1.29 is 4.79 Å². The summed E-state index contributed by atoms with van der Waals surface area (Å²) in [7, 11) is 0. The van der Waals surface area contributed by atoms with Crippen molar-refractivity contribution in [3.8, 4) is 0 Å². The molecule has 22 heavy (non-hydrogen) atoms. The van der Waals surface area contributed by atoms with Gasteiger partial charge in [-0.05, 0) is 77.2 Å². The van der Waals surface area contributed by atoms with Crippen LogP contribution < -0.4 is 10.6 Å². The number of hydrogen-bond donors (Lipinski definition) is 2. The molecule has 2 N–H and O–H groups in total. The summed E-state index contributed by atoms with van der Waals surface area (Å²) in [6.45, 7) is 14.3. The summed E-state index contributed by atoms with van der Waals surface area (Å²) in [5, 5.41) is 6.62. The van der Waals surface area contributed by atoms with Gasteiger partial charge < -0.3 is 15.5 Å². The van der Waals surface area contributed by atoms with E-state index in [1.165, 1.54) is 12.8 Å². The second kappa shape index (κ2) is 11.0. The second-order valence-electron chi connectivity index (χ2n) is 6.93. The highest BCUT2D eigenvalue weighted by molar-refractivity contribution is 5.76. The molecule has 130 valence electrons. The predicted molar refractivity (Wildman–Crippen MR) is 94.0 cm³/mol. The van der Waals surface area contributed by atoms with Crippen LogP contribution in [0.4, 0.5) is 0 Å². The first kappa shape index (κ1) is 19.4. The van der Waals surface area contributed by atoms with E-state index in [1.807, 2.05) is 0 Å². The van der Waals surface area contributed by atoms with Gasteiger partial charge in [0.2, 0.25) is 5.91 Å². The predicted octanol–water partition coefficient (Wildman–Crippen LogP) is 2.64. The lowest BCUT2D eigenvalue weighted by molar-refractivity contribution is -0.123. The van der Waals surface area contributed by atoms with Crippen LogP contribution in [-0.4, -0.2) is 49.6 Å². The molecule has 4 nitrogen and oxygen atoms in total. The average Bonchev–Trinajstić information content (AvgIpc) is 2.52. The average molecular weight is 312 g/mol. The molecule has 0 spiro atoms. The minimum atomic E-state index is 0.230. The molecule has 0 aromatic carbocycles. The fourth-order valence-corrected chi connectivity index (χ4v) is 3.39. The summed E-state index contributed by atoms with van der Waals surface area (Å²) in [4.78, 5) is 14.6. The van der Waals surface area contributed by atoms with Crippen molar-refractivity contribution in [1.29, 1.82) is 0 Å². The first-order valence-electron chi connectivity index (χ1n) is 9.29. The molecule has 3 atom stereocenters. The Labute approximate surface area is 137 Å². The summed E-state index contributed by atoms with van der Waals surface area (Å²) in [6.07, 6.45) is 5.42. The minimum Gasteiger partial charge on any atom is -0.354 e. The minimum absolute atomic E-state index is 0.230. The number of nitrogens with one attached hydrogen (secondary N) is 2. The molecule has 1 saturated heterocycles. The van der Waals surface area contributed by atoms with Gasteiger partial charge in [0, 0.05) is 12.5 Å². The zero-order chi connectivity index (χ0) is 16.4. The molecule has 1 aliphatic rings. The van der Waals surface area contributed by atoms with Gasteiger partial charge in [-0.2, -0.15) is 0 Å². The van der Waals surface area contributed by atoms with E-state index in [2.05, 4.69) is 43.2 Å². The molecule has 1 heterocycles. The Hall–Kier alpha value is -0.610. The fraction of sp³-hybridized carbons (Fsp3) is 0.944. The Bertz CT molecular complexity index is 299. The summed E-state index contributed by atoms with van der Waals surface area (Å²) < 4.78 is 0. The standard InChI is InChI=1S/C18H37N3O/c1-5-21(6-2)12-8-9-16(4)20-18(22)13-15(3)17-10-7-11-19-14-17/h15-17,19H,5-14H2,1-4H3,(H,20,22). The third-order valence-electron chi connectivity index (χ3n) is 5.06. The molecule has 0 aromatic heterocycles. The van der Waals surface area contributed by atoms with Gasteiger partial charge >= 0.3 is 0 Å². The number of carbonyl (C=O) groups excluding carboxylic acids is 1. The van der Waals surface area contributed by atoms with Crippen LogP contribution >= 0.6 is 0 Å². The van der Waals surface area contributed by atoms with Gasteiger partial charge in [0.25, 0.3) is 0 Å². The van der Waals surface area contributed by atoms with Gasteiger partial charge in [0.1, 0.15) is 0 Å². The van der Waals surface area contributed by atoms with E-state index in [4.69, 9.17) is 0 Å². The molecule has 1 rings (SSSR count). The normalized spacial score (nSPS) is 21.6. The molecule has 1 fully saturated rings. The lowest BCUT2D eigenvalue weighted by atomic mass is 9.85. The molecule has 0 aliphatic carbocycles. The Morgan fingerprint density at radius 3 is 2.64 bits per heavy atom. The molecular formula is C18H37N3O. The van der Waals surface area contributed by atoms with Crippen molar-refractivity contribution in [1.82, 2.24) is 15.5 Å². The van der Waals surface area contributed by atoms with Crippen LogP contribution in [0.25, 0.3) is 0 Å². The van der Waals surface area contributed by atoms with Crippen molar-refractivity contribution in [2.75, 3.05) is 32.7 Å². The lowest BCUT2D eigenvalue weighted by Crippen LogP contribution is -2.38. The van der Waals surface area contributed by atoms with E-state index in [9.17, 15) is 4.79 Å². The first-order valence-corrected chi connectivity index (χ1v) is 9.29. The van der Waals surface area contributed by atoms with Crippen LogP contribution in [-0.2, 0) is 4.79 Å². The quantitative estimate of drug-likeness (QED) is 0.652. The van der Waals surface area contributed by atoms with Crippen molar-refractivity contribution in [2.24, 2.45) is 11.8 Å². The Balaban J connectivity index is 2.17. The number of carbonyl (C=O) groups is 1. The maximum Gasteiger partial charge on any atom is 0.220 e. The number of hydrogen-bond acceptors (Lipinski definition) is 3. The summed E-state index contributed by atoms with van der Waals surface area (Å²) in [5.41, 5.74) is 0. The van der Waals surface area contributed by atoms with E-state index in [0.717, 1.165) is 45.6 Å².